The summed E-state index contributed by atoms with van der Waals surface area (Å²) < 4.78 is 93.4. The van der Waals surface area contributed by atoms with Gasteiger partial charge in [-0.25, -0.2) is 17.8 Å². The van der Waals surface area contributed by atoms with Gasteiger partial charge in [-0.1, -0.05) is 12.1 Å². The summed E-state index contributed by atoms with van der Waals surface area (Å²) in [6.45, 7) is 6.03. The Labute approximate surface area is 201 Å². The molecule has 2 aromatic rings. The van der Waals surface area contributed by atoms with Gasteiger partial charge in [-0.2, -0.15) is 13.2 Å². The van der Waals surface area contributed by atoms with Crippen molar-refractivity contribution in [3.63, 3.8) is 0 Å². The molecule has 3 rings (SSSR count). The average Bonchev–Trinajstić information content (AvgIpc) is 2.74. The van der Waals surface area contributed by atoms with E-state index < -0.39 is 45.5 Å². The van der Waals surface area contributed by atoms with Crippen molar-refractivity contribution in [3.05, 3.63) is 65.0 Å². The fourth-order valence-electron chi connectivity index (χ4n) is 3.45. The lowest BCUT2D eigenvalue weighted by Gasteiger charge is -2.21. The number of rotatable bonds is 7. The molecule has 1 aromatic heterocycles. The van der Waals surface area contributed by atoms with Crippen LogP contribution in [0.5, 0.6) is 0 Å². The zero-order valence-electron chi connectivity index (χ0n) is 19.6. The van der Waals surface area contributed by atoms with E-state index in [0.29, 0.717) is 17.9 Å². The Bertz CT molecular complexity index is 1350. The highest BCUT2D eigenvalue weighted by molar-refractivity contribution is 7.92. The maximum Gasteiger partial charge on any atom is 0.419 e. The summed E-state index contributed by atoms with van der Waals surface area (Å²) in [5.41, 5.74) is -1.48. The first-order valence-corrected chi connectivity index (χ1v) is 14.8. The molecule has 1 aromatic carbocycles. The van der Waals surface area contributed by atoms with E-state index in [0.717, 1.165) is 6.07 Å². The van der Waals surface area contributed by atoms with Gasteiger partial charge in [0.2, 0.25) is 0 Å². The minimum Gasteiger partial charge on any atom is -0.354 e. The maximum atomic E-state index is 14.6. The maximum absolute atomic E-state index is 14.6. The number of para-hydroxylation sites is 1. The van der Waals surface area contributed by atoms with Crippen LogP contribution in [0.1, 0.15) is 32.3 Å². The molecule has 1 aliphatic carbocycles. The fraction of sp³-hybridized carbons (Fsp3) is 0.348. The second kappa shape index (κ2) is 9.78. The van der Waals surface area contributed by atoms with Crippen LogP contribution in [0.25, 0.3) is 0 Å². The van der Waals surface area contributed by atoms with Gasteiger partial charge in [-0.05, 0) is 63.5 Å². The highest BCUT2D eigenvalue weighted by Gasteiger charge is 2.35. The van der Waals surface area contributed by atoms with Crippen molar-refractivity contribution in [1.82, 2.24) is 4.98 Å². The third-order valence-electron chi connectivity index (χ3n) is 5.48. The number of hydrogen-bond acceptors (Lipinski definition) is 6. The van der Waals surface area contributed by atoms with Gasteiger partial charge in [0.05, 0.1) is 32.8 Å². The molecule has 2 N–H and O–H groups in total. The van der Waals surface area contributed by atoms with Crippen molar-refractivity contribution in [2.45, 2.75) is 43.0 Å². The van der Waals surface area contributed by atoms with Gasteiger partial charge < -0.3 is 15.2 Å². The summed E-state index contributed by atoms with van der Waals surface area (Å²) in [6.07, 6.45) is -2.49. The van der Waals surface area contributed by atoms with Crippen molar-refractivity contribution < 1.29 is 30.5 Å². The molecule has 0 saturated carbocycles. The number of halogens is 4. The van der Waals surface area contributed by atoms with Crippen molar-refractivity contribution >= 4 is 34.2 Å². The molecule has 190 valence electrons. The van der Waals surface area contributed by atoms with Crippen molar-refractivity contribution in [3.8, 4) is 0 Å². The summed E-state index contributed by atoms with van der Waals surface area (Å²) in [5.74, 6) is -0.734. The Morgan fingerprint density at radius 2 is 1.71 bits per heavy atom. The molecule has 6 nitrogen and oxygen atoms in total. The first-order valence-electron chi connectivity index (χ1n) is 10.7. The average molecular weight is 532 g/mol. The Balaban J connectivity index is 2.03. The largest absolute Gasteiger partial charge is 0.419 e. The van der Waals surface area contributed by atoms with E-state index in [1.54, 1.807) is 0 Å². The molecule has 0 bridgehead atoms. The highest BCUT2D eigenvalue weighted by Crippen LogP contribution is 2.51. The number of benzene rings is 1. The van der Waals surface area contributed by atoms with Crippen LogP contribution in [0.15, 0.2) is 64.3 Å². The van der Waals surface area contributed by atoms with Crippen LogP contribution in [0, 0.1) is 0 Å². The molecule has 0 radical (unpaired) electrons. The number of sulfone groups is 1. The van der Waals surface area contributed by atoms with E-state index in [1.807, 2.05) is 0 Å². The van der Waals surface area contributed by atoms with Crippen LogP contribution in [0.3, 0.4) is 0 Å². The van der Waals surface area contributed by atoms with E-state index in [1.165, 1.54) is 57.5 Å². The summed E-state index contributed by atoms with van der Waals surface area (Å²) in [5, 5.41) is 4.99. The van der Waals surface area contributed by atoms with Crippen LogP contribution < -0.4 is 10.6 Å². The number of alkyl halides is 3. The number of anilines is 3. The Hall–Kier alpha value is -2.65. The monoisotopic (exact) mass is 531 g/mol. The van der Waals surface area contributed by atoms with Gasteiger partial charge in [0, 0.05) is 12.3 Å². The van der Waals surface area contributed by atoms with Gasteiger partial charge in [0.1, 0.15) is 18.8 Å². The molecule has 0 fully saturated rings. The number of pyridine rings is 1. The molecule has 1 aliphatic rings. The molecule has 12 heteroatoms. The van der Waals surface area contributed by atoms with Crippen molar-refractivity contribution in [2.75, 3.05) is 24.0 Å². The summed E-state index contributed by atoms with van der Waals surface area (Å²) >= 11 is 0. The molecule has 0 saturated heterocycles. The van der Waals surface area contributed by atoms with Gasteiger partial charge in [-0.3, -0.25) is 0 Å². The zero-order chi connectivity index (χ0) is 26.2. The normalized spacial score (nSPS) is 15.3. The summed E-state index contributed by atoms with van der Waals surface area (Å²) in [4.78, 5) is 3.64. The smallest absolute Gasteiger partial charge is 0.354 e. The number of allylic oxidation sites excluding steroid dienone is 4. The first kappa shape index (κ1) is 26.9. The van der Waals surface area contributed by atoms with E-state index in [-0.39, 0.29) is 28.5 Å². The Kier molecular flexibility index (Phi) is 7.53. The predicted molar refractivity (Wildman–Crippen MR) is 130 cm³/mol. The molecular formula is C23H26F4N3O3PS. The van der Waals surface area contributed by atoms with Crippen LogP contribution in [0.4, 0.5) is 34.8 Å². The van der Waals surface area contributed by atoms with E-state index in [2.05, 4.69) is 15.6 Å². The van der Waals surface area contributed by atoms with Gasteiger partial charge in [0.25, 0.3) is 0 Å². The summed E-state index contributed by atoms with van der Waals surface area (Å²) in [7, 11) is -6.42. The molecular weight excluding hydrogens is 505 g/mol. The van der Waals surface area contributed by atoms with Crippen LogP contribution in [-0.4, -0.2) is 32.0 Å². The number of nitrogens with one attached hydrogen (secondary N) is 2. The molecule has 0 amide bonds. The molecule has 0 unspecified atom stereocenters. The molecule has 0 aliphatic heterocycles. The predicted octanol–water partition coefficient (Wildman–Crippen LogP) is 6.92. The standard InChI is InChI=1S/C23H26F4N3O3PS/c1-14(2)35(32,33)21-8-6-5-7-19(21)29-20-12-22(28-13-16(20)23(25,26)27)30-18-10-9-15(11-17(18)24)34(3,4)31/h5-8,11-14H,9-10H2,1-4H3,(H2,28,29,30). The number of aromatic nitrogens is 1. The van der Waals surface area contributed by atoms with Crippen molar-refractivity contribution in [2.24, 2.45) is 0 Å². The molecule has 0 spiro atoms. The highest BCUT2D eigenvalue weighted by atomic mass is 32.2. The topological polar surface area (TPSA) is 88.2 Å². The van der Waals surface area contributed by atoms with E-state index in [9.17, 15) is 30.5 Å². The minimum atomic E-state index is -4.78. The number of nitrogens with zero attached hydrogens (tertiary/aromatic N) is 1. The van der Waals surface area contributed by atoms with E-state index >= 15 is 0 Å². The van der Waals surface area contributed by atoms with Crippen molar-refractivity contribution in [1.29, 1.82) is 0 Å². The number of hydrogen-bond donors (Lipinski definition) is 2. The fourth-order valence-corrected chi connectivity index (χ4v) is 5.73. The van der Waals surface area contributed by atoms with Crippen LogP contribution in [0.2, 0.25) is 0 Å². The minimum absolute atomic E-state index is 0.0267. The van der Waals surface area contributed by atoms with Crippen LogP contribution >= 0.6 is 7.14 Å². The third kappa shape index (κ3) is 6.13. The lowest BCUT2D eigenvalue weighted by atomic mass is 10.1. The lowest BCUT2D eigenvalue weighted by Crippen LogP contribution is -2.16. The Morgan fingerprint density at radius 3 is 2.29 bits per heavy atom. The quantitative estimate of drug-likeness (QED) is 0.298. The molecule has 1 heterocycles. The third-order valence-corrected chi connectivity index (χ3v) is 9.42. The second-order valence-corrected chi connectivity index (χ2v) is 14.5. The SMILES string of the molecule is CC(C)S(=O)(=O)c1ccccc1Nc1cc(NC2=C(F)C=C(P(C)(C)=O)CC2)ncc1C(F)(F)F. The zero-order valence-corrected chi connectivity index (χ0v) is 21.3. The first-order chi connectivity index (χ1) is 16.1. The summed E-state index contributed by atoms with van der Waals surface area (Å²) in [6, 6.07) is 6.72. The second-order valence-electron chi connectivity index (χ2n) is 8.77. The lowest BCUT2D eigenvalue weighted by molar-refractivity contribution is -0.137. The Morgan fingerprint density at radius 1 is 1.06 bits per heavy atom. The van der Waals surface area contributed by atoms with Gasteiger partial charge in [0.15, 0.2) is 9.84 Å². The molecule has 35 heavy (non-hydrogen) atoms. The molecule has 0 atom stereocenters. The van der Waals surface area contributed by atoms with E-state index in [4.69, 9.17) is 0 Å². The van der Waals surface area contributed by atoms with Crippen LogP contribution in [-0.2, 0) is 20.6 Å². The van der Waals surface area contributed by atoms with Gasteiger partial charge in [-0.15, -0.1) is 0 Å². The van der Waals surface area contributed by atoms with Gasteiger partial charge >= 0.3 is 6.18 Å².